The van der Waals surface area contributed by atoms with Crippen LogP contribution in [0.5, 0.6) is 0 Å². The molecule has 1 saturated heterocycles. The standard InChI is InChI=1S/C14H18N2O3/c1-9-2-4-11(6-13(9)16(18)19)15-7-10-3-5-14(17)12(10)8-15/h2,4,6,10,12,14,17H,3,5,7-8H2,1H3. The Balaban J connectivity index is 1.84. The molecule has 0 bridgehead atoms. The maximum atomic E-state index is 11.0. The van der Waals surface area contributed by atoms with Gasteiger partial charge in [0.1, 0.15) is 0 Å². The normalized spacial score (nSPS) is 29.6. The van der Waals surface area contributed by atoms with E-state index in [4.69, 9.17) is 0 Å². The number of aliphatic hydroxyl groups is 1. The van der Waals surface area contributed by atoms with E-state index in [0.29, 0.717) is 17.4 Å². The number of benzene rings is 1. The van der Waals surface area contributed by atoms with Crippen molar-refractivity contribution in [2.75, 3.05) is 18.0 Å². The van der Waals surface area contributed by atoms with Crippen LogP contribution in [0, 0.1) is 28.9 Å². The highest BCUT2D eigenvalue weighted by atomic mass is 16.6. The molecule has 3 atom stereocenters. The molecule has 1 aliphatic heterocycles. The lowest BCUT2D eigenvalue weighted by atomic mass is 10.00. The van der Waals surface area contributed by atoms with Gasteiger partial charge in [-0.25, -0.2) is 0 Å². The van der Waals surface area contributed by atoms with Gasteiger partial charge < -0.3 is 10.0 Å². The van der Waals surface area contributed by atoms with Crippen LogP contribution in [0.3, 0.4) is 0 Å². The molecule has 0 spiro atoms. The van der Waals surface area contributed by atoms with Crippen molar-refractivity contribution in [1.82, 2.24) is 0 Å². The highest BCUT2D eigenvalue weighted by Gasteiger charge is 2.42. The van der Waals surface area contributed by atoms with E-state index in [2.05, 4.69) is 4.90 Å². The third-order valence-electron chi connectivity index (χ3n) is 4.57. The molecule has 5 nitrogen and oxygen atoms in total. The zero-order valence-electron chi connectivity index (χ0n) is 11.0. The van der Waals surface area contributed by atoms with Gasteiger partial charge in [-0.15, -0.1) is 0 Å². The van der Waals surface area contributed by atoms with Gasteiger partial charge in [0.05, 0.1) is 11.0 Å². The van der Waals surface area contributed by atoms with Crippen LogP contribution in [0.25, 0.3) is 0 Å². The summed E-state index contributed by atoms with van der Waals surface area (Å²) in [7, 11) is 0. The third-order valence-corrected chi connectivity index (χ3v) is 4.57. The van der Waals surface area contributed by atoms with Gasteiger partial charge in [0.15, 0.2) is 0 Å². The molecular weight excluding hydrogens is 244 g/mol. The molecule has 102 valence electrons. The quantitative estimate of drug-likeness (QED) is 0.654. The molecule has 2 aliphatic rings. The van der Waals surface area contributed by atoms with Crippen molar-refractivity contribution >= 4 is 11.4 Å². The number of nitro groups is 1. The van der Waals surface area contributed by atoms with E-state index in [0.717, 1.165) is 31.6 Å². The van der Waals surface area contributed by atoms with Gasteiger partial charge in [0.25, 0.3) is 5.69 Å². The Labute approximate surface area is 112 Å². The van der Waals surface area contributed by atoms with Crippen LogP contribution in [0.15, 0.2) is 18.2 Å². The zero-order chi connectivity index (χ0) is 13.6. The lowest BCUT2D eigenvalue weighted by Crippen LogP contribution is -2.24. The first-order valence-electron chi connectivity index (χ1n) is 6.74. The van der Waals surface area contributed by atoms with Crippen molar-refractivity contribution in [1.29, 1.82) is 0 Å². The van der Waals surface area contributed by atoms with Gasteiger partial charge in [-0.2, -0.15) is 0 Å². The summed E-state index contributed by atoms with van der Waals surface area (Å²) in [4.78, 5) is 12.8. The van der Waals surface area contributed by atoms with Crippen LogP contribution in [0.4, 0.5) is 11.4 Å². The fourth-order valence-electron chi connectivity index (χ4n) is 3.44. The van der Waals surface area contributed by atoms with E-state index < -0.39 is 0 Å². The Hall–Kier alpha value is -1.62. The van der Waals surface area contributed by atoms with Gasteiger partial charge in [-0.1, -0.05) is 6.07 Å². The number of aliphatic hydroxyl groups excluding tert-OH is 1. The smallest absolute Gasteiger partial charge is 0.274 e. The minimum Gasteiger partial charge on any atom is -0.393 e. The van der Waals surface area contributed by atoms with Crippen molar-refractivity contribution in [2.45, 2.75) is 25.9 Å². The molecule has 0 radical (unpaired) electrons. The topological polar surface area (TPSA) is 66.6 Å². The minimum absolute atomic E-state index is 0.176. The lowest BCUT2D eigenvalue weighted by Gasteiger charge is -2.20. The molecule has 2 fully saturated rings. The highest BCUT2D eigenvalue weighted by Crippen LogP contribution is 2.40. The molecule has 1 aromatic carbocycles. The molecule has 3 rings (SSSR count). The number of nitrogens with zero attached hydrogens (tertiary/aromatic N) is 2. The van der Waals surface area contributed by atoms with E-state index in [1.54, 1.807) is 19.1 Å². The molecule has 3 unspecified atom stereocenters. The molecular formula is C14H18N2O3. The summed E-state index contributed by atoms with van der Waals surface area (Å²) >= 11 is 0. The molecule has 0 amide bonds. The Morgan fingerprint density at radius 2 is 2.16 bits per heavy atom. The first-order valence-corrected chi connectivity index (χ1v) is 6.74. The molecule has 1 N–H and O–H groups in total. The summed E-state index contributed by atoms with van der Waals surface area (Å²) < 4.78 is 0. The molecule has 1 saturated carbocycles. The Kier molecular flexibility index (Phi) is 2.93. The molecule has 1 aliphatic carbocycles. The second kappa shape index (κ2) is 4.49. The first-order chi connectivity index (χ1) is 9.06. The summed E-state index contributed by atoms with van der Waals surface area (Å²) in [5, 5.41) is 20.9. The van der Waals surface area contributed by atoms with Gasteiger partial charge in [0, 0.05) is 36.3 Å². The predicted octanol–water partition coefficient (Wildman–Crippen LogP) is 2.11. The van der Waals surface area contributed by atoms with E-state index in [9.17, 15) is 15.2 Å². The summed E-state index contributed by atoms with van der Waals surface area (Å²) in [5.74, 6) is 0.871. The molecule has 0 aromatic heterocycles. The Bertz CT molecular complexity index is 517. The lowest BCUT2D eigenvalue weighted by molar-refractivity contribution is -0.385. The average Bonchev–Trinajstić information content (AvgIpc) is 2.92. The number of hydrogen-bond acceptors (Lipinski definition) is 4. The summed E-state index contributed by atoms with van der Waals surface area (Å²) in [6, 6.07) is 5.40. The summed E-state index contributed by atoms with van der Waals surface area (Å²) in [5.41, 5.74) is 1.77. The van der Waals surface area contributed by atoms with Crippen LogP contribution in [0.2, 0.25) is 0 Å². The van der Waals surface area contributed by atoms with E-state index in [1.165, 1.54) is 0 Å². The maximum Gasteiger partial charge on any atom is 0.274 e. The molecule has 1 aromatic rings. The average molecular weight is 262 g/mol. The monoisotopic (exact) mass is 262 g/mol. The van der Waals surface area contributed by atoms with Gasteiger partial charge >= 0.3 is 0 Å². The number of rotatable bonds is 2. The number of nitro benzene ring substituents is 1. The summed E-state index contributed by atoms with van der Waals surface area (Å²) in [6.45, 7) is 3.47. The van der Waals surface area contributed by atoms with Gasteiger partial charge in [-0.3, -0.25) is 10.1 Å². The molecule has 1 heterocycles. The zero-order valence-corrected chi connectivity index (χ0v) is 11.0. The van der Waals surface area contributed by atoms with Crippen molar-refractivity contribution < 1.29 is 10.0 Å². The van der Waals surface area contributed by atoms with E-state index in [1.807, 2.05) is 6.07 Å². The van der Waals surface area contributed by atoms with Crippen LogP contribution >= 0.6 is 0 Å². The third kappa shape index (κ3) is 2.08. The van der Waals surface area contributed by atoms with E-state index in [-0.39, 0.29) is 16.7 Å². The van der Waals surface area contributed by atoms with Gasteiger partial charge in [-0.05, 0) is 31.7 Å². The largest absolute Gasteiger partial charge is 0.393 e. The van der Waals surface area contributed by atoms with Crippen LogP contribution < -0.4 is 4.90 Å². The number of anilines is 1. The maximum absolute atomic E-state index is 11.0. The Morgan fingerprint density at radius 1 is 1.37 bits per heavy atom. The van der Waals surface area contributed by atoms with Crippen LogP contribution in [-0.2, 0) is 0 Å². The SMILES string of the molecule is Cc1ccc(N2CC3CCC(O)C3C2)cc1[N+](=O)[O-]. The van der Waals surface area contributed by atoms with Crippen LogP contribution in [-0.4, -0.2) is 29.2 Å². The molecule has 5 heteroatoms. The first kappa shape index (κ1) is 12.4. The number of fused-ring (bicyclic) bond motifs is 1. The van der Waals surface area contributed by atoms with Gasteiger partial charge in [0.2, 0.25) is 0 Å². The van der Waals surface area contributed by atoms with Crippen LogP contribution in [0.1, 0.15) is 18.4 Å². The number of aryl methyl sites for hydroxylation is 1. The van der Waals surface area contributed by atoms with Crippen molar-refractivity contribution in [3.05, 3.63) is 33.9 Å². The van der Waals surface area contributed by atoms with Crippen molar-refractivity contribution in [3.8, 4) is 0 Å². The second-order valence-corrected chi connectivity index (χ2v) is 5.70. The fraction of sp³-hybridized carbons (Fsp3) is 0.571. The second-order valence-electron chi connectivity index (χ2n) is 5.70. The molecule has 19 heavy (non-hydrogen) atoms. The van der Waals surface area contributed by atoms with Crippen molar-refractivity contribution in [2.24, 2.45) is 11.8 Å². The minimum atomic E-state index is -0.329. The fourth-order valence-corrected chi connectivity index (χ4v) is 3.44. The summed E-state index contributed by atoms with van der Waals surface area (Å²) in [6.07, 6.45) is 1.77. The highest BCUT2D eigenvalue weighted by molar-refractivity contribution is 5.57. The predicted molar refractivity (Wildman–Crippen MR) is 72.3 cm³/mol. The Morgan fingerprint density at radius 3 is 2.84 bits per heavy atom. The number of hydrogen-bond donors (Lipinski definition) is 1. The van der Waals surface area contributed by atoms with Crippen molar-refractivity contribution in [3.63, 3.8) is 0 Å². The van der Waals surface area contributed by atoms with E-state index >= 15 is 0 Å².